The quantitative estimate of drug-likeness (QED) is 0.574. The van der Waals surface area contributed by atoms with Crippen LogP contribution in [0.25, 0.3) is 0 Å². The van der Waals surface area contributed by atoms with Gasteiger partial charge in [-0.2, -0.15) is 0 Å². The summed E-state index contributed by atoms with van der Waals surface area (Å²) in [5.74, 6) is -0.379. The van der Waals surface area contributed by atoms with Crippen LogP contribution in [-0.4, -0.2) is 27.8 Å². The molecule has 0 saturated carbocycles. The Morgan fingerprint density at radius 2 is 1.88 bits per heavy atom. The van der Waals surface area contributed by atoms with Gasteiger partial charge in [-0.05, 0) is 44.9 Å². The molecule has 1 N–H and O–H groups in total. The van der Waals surface area contributed by atoms with E-state index in [2.05, 4.69) is 20.7 Å². The predicted molar refractivity (Wildman–Crippen MR) is 103 cm³/mol. The Hall–Kier alpha value is -1.05. The summed E-state index contributed by atoms with van der Waals surface area (Å²) in [5, 5.41) is 0. The Bertz CT molecular complexity index is 618. The topological polar surface area (TPSA) is 72.5 Å². The van der Waals surface area contributed by atoms with Gasteiger partial charge >= 0.3 is 5.97 Å². The summed E-state index contributed by atoms with van der Waals surface area (Å²) in [4.78, 5) is 24.9. The molecule has 1 aromatic rings. The van der Waals surface area contributed by atoms with Crippen LogP contribution in [0.5, 0.6) is 0 Å². The van der Waals surface area contributed by atoms with Gasteiger partial charge in [0.1, 0.15) is 5.78 Å². The largest absolute Gasteiger partial charge is 0.461 e. The molecular formula is C18H26BrNO4S. The van der Waals surface area contributed by atoms with E-state index in [4.69, 9.17) is 4.74 Å². The van der Waals surface area contributed by atoms with Gasteiger partial charge in [-0.25, -0.2) is 13.7 Å². The fourth-order valence-electron chi connectivity index (χ4n) is 2.37. The Labute approximate surface area is 160 Å². The molecule has 0 amide bonds. The molecule has 2 atom stereocenters. The maximum atomic E-state index is 12.9. The molecule has 1 rings (SSSR count). The number of rotatable bonds is 10. The summed E-state index contributed by atoms with van der Waals surface area (Å²) >= 11 is 3.36. The van der Waals surface area contributed by atoms with Crippen molar-refractivity contribution in [2.75, 3.05) is 5.75 Å². The van der Waals surface area contributed by atoms with Crippen molar-refractivity contribution in [2.24, 2.45) is 0 Å². The average molecular weight is 432 g/mol. The average Bonchev–Trinajstić information content (AvgIpc) is 2.51. The third-order valence-corrected chi connectivity index (χ3v) is 5.28. The highest BCUT2D eigenvalue weighted by atomic mass is 79.9. The molecular weight excluding hydrogens is 406 g/mol. The van der Waals surface area contributed by atoms with E-state index in [1.54, 1.807) is 38.1 Å². The van der Waals surface area contributed by atoms with Crippen molar-refractivity contribution >= 4 is 38.7 Å². The van der Waals surface area contributed by atoms with Crippen molar-refractivity contribution in [1.29, 1.82) is 0 Å². The van der Waals surface area contributed by atoms with Crippen molar-refractivity contribution in [3.05, 3.63) is 34.3 Å². The molecule has 0 aliphatic heterocycles. The standard InChI is InChI=1S/C18H26BrNO4S/c1-5-6-11-25(23)20-18(12-14(4)21,17(22)24-13(2)3)15-7-9-16(19)10-8-15/h7-10,13,20H,5-6,11-12H2,1-4H3. The molecule has 0 radical (unpaired) electrons. The summed E-state index contributed by atoms with van der Waals surface area (Å²) in [6.45, 7) is 6.90. The maximum Gasteiger partial charge on any atom is 0.332 e. The minimum atomic E-state index is -1.46. The van der Waals surface area contributed by atoms with Gasteiger partial charge in [0.2, 0.25) is 0 Å². The first-order valence-corrected chi connectivity index (χ1v) is 10.4. The second-order valence-electron chi connectivity index (χ2n) is 6.25. The van der Waals surface area contributed by atoms with Crippen molar-refractivity contribution in [3.8, 4) is 0 Å². The monoisotopic (exact) mass is 431 g/mol. The molecule has 2 unspecified atom stereocenters. The first kappa shape index (κ1) is 22.0. The Kier molecular flexibility index (Phi) is 8.96. The van der Waals surface area contributed by atoms with Crippen LogP contribution < -0.4 is 4.72 Å². The Morgan fingerprint density at radius 1 is 1.28 bits per heavy atom. The van der Waals surface area contributed by atoms with E-state index in [1.807, 2.05) is 6.92 Å². The lowest BCUT2D eigenvalue weighted by molar-refractivity contribution is -0.156. The first-order valence-electron chi connectivity index (χ1n) is 8.34. The molecule has 1 aromatic carbocycles. The number of ether oxygens (including phenoxy) is 1. The number of ketones is 1. The summed E-state index contributed by atoms with van der Waals surface area (Å²) in [6, 6.07) is 7.03. The molecule has 0 aliphatic rings. The summed E-state index contributed by atoms with van der Waals surface area (Å²) in [7, 11) is -1.46. The molecule has 0 aromatic heterocycles. The molecule has 25 heavy (non-hydrogen) atoms. The van der Waals surface area contributed by atoms with Gasteiger partial charge in [-0.3, -0.25) is 4.79 Å². The van der Waals surface area contributed by atoms with E-state index < -0.39 is 22.5 Å². The third kappa shape index (κ3) is 6.64. The van der Waals surface area contributed by atoms with E-state index in [-0.39, 0.29) is 18.3 Å². The van der Waals surface area contributed by atoms with Gasteiger partial charge in [0.25, 0.3) is 0 Å². The van der Waals surface area contributed by atoms with E-state index in [1.165, 1.54) is 6.92 Å². The number of carbonyl (C=O) groups excluding carboxylic acids is 2. The van der Waals surface area contributed by atoms with Crippen LogP contribution in [-0.2, 0) is 30.9 Å². The molecule has 5 nitrogen and oxygen atoms in total. The zero-order chi connectivity index (χ0) is 19.0. The number of carbonyl (C=O) groups is 2. The Morgan fingerprint density at radius 3 is 2.36 bits per heavy atom. The first-order chi connectivity index (χ1) is 11.7. The molecule has 0 bridgehead atoms. The second kappa shape index (κ2) is 10.2. The molecule has 7 heteroatoms. The van der Waals surface area contributed by atoms with Crippen LogP contribution in [0, 0.1) is 0 Å². The second-order valence-corrected chi connectivity index (χ2v) is 8.47. The highest BCUT2D eigenvalue weighted by molar-refractivity contribution is 9.10. The van der Waals surface area contributed by atoms with Gasteiger partial charge in [-0.1, -0.05) is 41.4 Å². The number of unbranched alkanes of at least 4 members (excludes halogenated alkanes) is 1. The van der Waals surface area contributed by atoms with Gasteiger partial charge in [0.05, 0.1) is 17.1 Å². The van der Waals surface area contributed by atoms with E-state index in [0.29, 0.717) is 11.3 Å². The van der Waals surface area contributed by atoms with E-state index >= 15 is 0 Å². The molecule has 0 heterocycles. The lowest BCUT2D eigenvalue weighted by atomic mass is 9.86. The SMILES string of the molecule is CCCCS(=O)NC(CC(C)=O)(C(=O)OC(C)C)c1ccc(Br)cc1. The molecule has 0 fully saturated rings. The van der Waals surface area contributed by atoms with Crippen LogP contribution in [0.4, 0.5) is 0 Å². The number of hydrogen-bond donors (Lipinski definition) is 1. The molecule has 140 valence electrons. The van der Waals surface area contributed by atoms with Crippen molar-refractivity contribution < 1.29 is 18.5 Å². The Balaban J connectivity index is 3.35. The number of hydrogen-bond acceptors (Lipinski definition) is 4. The lowest BCUT2D eigenvalue weighted by Gasteiger charge is -2.32. The normalized spacial score (nSPS) is 14.8. The zero-order valence-corrected chi connectivity index (χ0v) is 17.5. The van der Waals surface area contributed by atoms with Crippen LogP contribution in [0.15, 0.2) is 28.7 Å². The van der Waals surface area contributed by atoms with Gasteiger partial charge in [0.15, 0.2) is 5.54 Å². The lowest BCUT2D eigenvalue weighted by Crippen LogP contribution is -2.53. The molecule has 0 aliphatic carbocycles. The number of Topliss-reactive ketones (excluding diaryl/α,β-unsaturated/α-hetero) is 1. The van der Waals surface area contributed by atoms with Crippen molar-refractivity contribution in [1.82, 2.24) is 4.72 Å². The van der Waals surface area contributed by atoms with Crippen molar-refractivity contribution in [2.45, 2.75) is 58.6 Å². The summed E-state index contributed by atoms with van der Waals surface area (Å²) in [6.07, 6.45) is 1.18. The maximum absolute atomic E-state index is 12.9. The highest BCUT2D eigenvalue weighted by Crippen LogP contribution is 2.30. The number of halogens is 1. The van der Waals surface area contributed by atoms with Crippen molar-refractivity contribution in [3.63, 3.8) is 0 Å². The highest BCUT2D eigenvalue weighted by Gasteiger charge is 2.44. The minimum Gasteiger partial charge on any atom is -0.461 e. The molecule has 0 spiro atoms. The predicted octanol–water partition coefficient (Wildman–Crippen LogP) is 3.63. The smallest absolute Gasteiger partial charge is 0.332 e. The fourth-order valence-corrected chi connectivity index (χ4v) is 3.95. The summed E-state index contributed by atoms with van der Waals surface area (Å²) in [5.41, 5.74) is -0.906. The van der Waals surface area contributed by atoms with Crippen LogP contribution in [0.1, 0.15) is 52.5 Å². The zero-order valence-electron chi connectivity index (χ0n) is 15.1. The van der Waals surface area contributed by atoms with Gasteiger partial charge < -0.3 is 4.74 Å². The number of esters is 1. The number of nitrogens with one attached hydrogen (secondary N) is 1. The minimum absolute atomic E-state index is 0.127. The van der Waals surface area contributed by atoms with Crippen LogP contribution in [0.2, 0.25) is 0 Å². The fraction of sp³-hybridized carbons (Fsp3) is 0.556. The van der Waals surface area contributed by atoms with Crippen LogP contribution >= 0.6 is 15.9 Å². The molecule has 0 saturated heterocycles. The number of benzene rings is 1. The third-order valence-electron chi connectivity index (χ3n) is 3.51. The summed E-state index contributed by atoms with van der Waals surface area (Å²) < 4.78 is 21.7. The van der Waals surface area contributed by atoms with E-state index in [0.717, 1.165) is 17.3 Å². The van der Waals surface area contributed by atoms with Crippen LogP contribution in [0.3, 0.4) is 0 Å². The van der Waals surface area contributed by atoms with Gasteiger partial charge in [-0.15, -0.1) is 0 Å². The van der Waals surface area contributed by atoms with Gasteiger partial charge in [0, 0.05) is 16.6 Å². The van der Waals surface area contributed by atoms with E-state index in [9.17, 15) is 13.8 Å².